The van der Waals surface area contributed by atoms with Crippen molar-refractivity contribution in [2.75, 3.05) is 13.7 Å². The molecular weight excluding hydrogens is 520 g/mol. The molecule has 196 valence electrons. The van der Waals surface area contributed by atoms with Crippen molar-refractivity contribution in [2.45, 2.75) is 6.92 Å². The summed E-state index contributed by atoms with van der Waals surface area (Å²) in [5.41, 5.74) is 2.47. The zero-order valence-corrected chi connectivity index (χ0v) is 21.7. The molecule has 0 bridgehead atoms. The highest BCUT2D eigenvalue weighted by Gasteiger charge is 2.20. The molecule has 11 nitrogen and oxygen atoms in total. The fraction of sp³-hybridized carbons (Fsp3) is 0.111. The molecule has 0 unspecified atom stereocenters. The Morgan fingerprint density at radius 3 is 2.28 bits per heavy atom. The maximum atomic E-state index is 13.5. The Hall–Kier alpha value is -5.10. The summed E-state index contributed by atoms with van der Waals surface area (Å²) in [5.74, 6) is 1.42. The number of hydrogen-bond acceptors (Lipinski definition) is 9. The molecule has 0 aliphatic heterocycles. The number of non-ortho nitro benzene ring substituents is 1. The van der Waals surface area contributed by atoms with Crippen molar-refractivity contribution in [1.82, 2.24) is 14.8 Å². The molecule has 1 N–H and O–H groups in total. The van der Waals surface area contributed by atoms with Crippen LogP contribution in [0.5, 0.6) is 11.5 Å². The number of nitrogens with one attached hydrogen (secondary N) is 1. The van der Waals surface area contributed by atoms with Crippen molar-refractivity contribution in [3.63, 3.8) is 0 Å². The van der Waals surface area contributed by atoms with E-state index >= 15 is 0 Å². The standard InChI is InChI=1S/C27H22N6O5S/c1-3-38-22-14-8-19(9-15-22)29-30-25-24(18-4-10-20(11-5-18)33(35)36)31-32(26(25)34)27-28-23(16-39-27)17-6-12-21(37-2)13-7-17/h4-16,31H,3H2,1-2H3. The van der Waals surface area contributed by atoms with Gasteiger partial charge in [0.15, 0.2) is 5.69 Å². The van der Waals surface area contributed by atoms with E-state index in [1.165, 1.54) is 28.2 Å². The summed E-state index contributed by atoms with van der Waals surface area (Å²) in [6, 6.07) is 20.3. The fourth-order valence-corrected chi connectivity index (χ4v) is 4.54. The molecule has 0 spiro atoms. The number of rotatable bonds is 9. The smallest absolute Gasteiger partial charge is 0.301 e. The van der Waals surface area contributed by atoms with Crippen LogP contribution in [0.25, 0.3) is 27.6 Å². The van der Waals surface area contributed by atoms with Gasteiger partial charge in [0.25, 0.3) is 5.69 Å². The Bertz CT molecular complexity index is 1690. The Labute approximate surface area is 226 Å². The highest BCUT2D eigenvalue weighted by Crippen LogP contribution is 2.31. The van der Waals surface area contributed by atoms with Gasteiger partial charge in [-0.1, -0.05) is 0 Å². The molecule has 0 amide bonds. The highest BCUT2D eigenvalue weighted by molar-refractivity contribution is 7.12. The van der Waals surface area contributed by atoms with Crippen molar-refractivity contribution in [3.8, 4) is 39.1 Å². The first-order valence-corrected chi connectivity index (χ1v) is 12.7. The second kappa shape index (κ2) is 11.1. The van der Waals surface area contributed by atoms with Crippen molar-refractivity contribution in [1.29, 1.82) is 0 Å². The van der Waals surface area contributed by atoms with E-state index in [1.54, 1.807) is 43.5 Å². The van der Waals surface area contributed by atoms with Crippen LogP contribution in [-0.4, -0.2) is 33.4 Å². The minimum absolute atomic E-state index is 0.0407. The number of aromatic nitrogens is 3. The number of nitro groups is 1. The first-order valence-electron chi connectivity index (χ1n) is 11.8. The van der Waals surface area contributed by atoms with Gasteiger partial charge in [0.05, 0.1) is 35.7 Å². The summed E-state index contributed by atoms with van der Waals surface area (Å²) in [4.78, 5) is 28.8. The van der Waals surface area contributed by atoms with Crippen molar-refractivity contribution in [3.05, 3.63) is 98.6 Å². The predicted octanol–water partition coefficient (Wildman–Crippen LogP) is 6.69. The van der Waals surface area contributed by atoms with Gasteiger partial charge < -0.3 is 9.47 Å². The SMILES string of the molecule is CCOc1ccc(N=Nc2c(-c3ccc([N+](=O)[O-])cc3)[nH]n(-c3nc(-c4ccc(OC)cc4)cs3)c2=O)cc1. The Balaban J connectivity index is 1.55. The van der Waals surface area contributed by atoms with E-state index in [2.05, 4.69) is 20.3 Å². The summed E-state index contributed by atoms with van der Waals surface area (Å²) in [7, 11) is 1.60. The van der Waals surface area contributed by atoms with Gasteiger partial charge in [-0.15, -0.1) is 16.5 Å². The molecular formula is C27H22N6O5S. The van der Waals surface area contributed by atoms with Crippen LogP contribution in [0.4, 0.5) is 17.1 Å². The van der Waals surface area contributed by atoms with E-state index in [9.17, 15) is 14.9 Å². The molecule has 3 aromatic carbocycles. The topological polar surface area (TPSA) is 137 Å². The summed E-state index contributed by atoms with van der Waals surface area (Å²) in [6.07, 6.45) is 0. The maximum Gasteiger partial charge on any atom is 0.301 e. The largest absolute Gasteiger partial charge is 0.497 e. The third-order valence-electron chi connectivity index (χ3n) is 5.72. The number of benzene rings is 3. The van der Waals surface area contributed by atoms with E-state index in [-0.39, 0.29) is 11.4 Å². The number of nitrogens with zero attached hydrogens (tertiary/aromatic N) is 5. The number of methoxy groups -OCH3 is 1. The van der Waals surface area contributed by atoms with E-state index in [0.29, 0.717) is 40.1 Å². The molecule has 0 fully saturated rings. The lowest BCUT2D eigenvalue weighted by molar-refractivity contribution is -0.384. The van der Waals surface area contributed by atoms with Crippen LogP contribution in [-0.2, 0) is 0 Å². The molecule has 0 saturated carbocycles. The number of azo groups is 1. The molecule has 0 saturated heterocycles. The molecule has 2 aromatic heterocycles. The quantitative estimate of drug-likeness (QED) is 0.125. The zero-order chi connectivity index (χ0) is 27.4. The normalized spacial score (nSPS) is 11.1. The van der Waals surface area contributed by atoms with Gasteiger partial charge in [0, 0.05) is 28.6 Å². The van der Waals surface area contributed by atoms with Crippen molar-refractivity contribution >= 4 is 28.4 Å². The number of thiazole rings is 1. The first kappa shape index (κ1) is 25.5. The Morgan fingerprint density at radius 1 is 0.974 bits per heavy atom. The van der Waals surface area contributed by atoms with Crippen molar-refractivity contribution < 1.29 is 14.4 Å². The van der Waals surface area contributed by atoms with Crippen LogP contribution < -0.4 is 15.0 Å². The second-order valence-electron chi connectivity index (χ2n) is 8.15. The monoisotopic (exact) mass is 542 g/mol. The molecule has 0 atom stereocenters. The van der Waals surface area contributed by atoms with E-state index in [4.69, 9.17) is 9.47 Å². The van der Waals surface area contributed by atoms with E-state index in [1.807, 2.05) is 36.6 Å². The third-order valence-corrected chi connectivity index (χ3v) is 6.54. The third kappa shape index (κ3) is 5.45. The van der Waals surface area contributed by atoms with Crippen LogP contribution >= 0.6 is 11.3 Å². The predicted molar refractivity (Wildman–Crippen MR) is 148 cm³/mol. The highest BCUT2D eigenvalue weighted by atomic mass is 32.1. The second-order valence-corrected chi connectivity index (χ2v) is 8.99. The lowest BCUT2D eigenvalue weighted by atomic mass is 10.1. The lowest BCUT2D eigenvalue weighted by Gasteiger charge is -2.01. The number of ether oxygens (including phenoxy) is 2. The summed E-state index contributed by atoms with van der Waals surface area (Å²) in [6.45, 7) is 2.44. The zero-order valence-electron chi connectivity index (χ0n) is 20.9. The van der Waals surface area contributed by atoms with E-state index < -0.39 is 10.5 Å². The minimum Gasteiger partial charge on any atom is -0.497 e. The van der Waals surface area contributed by atoms with Crippen LogP contribution in [0.15, 0.2) is 93.2 Å². The van der Waals surface area contributed by atoms with Crippen LogP contribution in [0.3, 0.4) is 0 Å². The van der Waals surface area contributed by atoms with Gasteiger partial charge in [0.2, 0.25) is 5.13 Å². The average Bonchev–Trinajstić information content (AvgIpc) is 3.58. The van der Waals surface area contributed by atoms with Gasteiger partial charge in [0.1, 0.15) is 11.5 Å². The minimum atomic E-state index is -0.486. The molecule has 5 aromatic rings. The summed E-state index contributed by atoms with van der Waals surface area (Å²) in [5, 5.41) is 24.9. The number of nitro benzene ring substituents is 1. The first-order chi connectivity index (χ1) is 19.0. The summed E-state index contributed by atoms with van der Waals surface area (Å²) < 4.78 is 12.0. The number of hydrogen-bond donors (Lipinski definition) is 1. The van der Waals surface area contributed by atoms with Crippen molar-refractivity contribution in [2.24, 2.45) is 10.2 Å². The molecule has 0 aliphatic rings. The Kier molecular flexibility index (Phi) is 7.28. The lowest BCUT2D eigenvalue weighted by Crippen LogP contribution is -2.13. The molecule has 0 aliphatic carbocycles. The number of aromatic amines is 1. The van der Waals surface area contributed by atoms with Gasteiger partial charge in [-0.3, -0.25) is 20.0 Å². The Morgan fingerprint density at radius 2 is 1.64 bits per heavy atom. The van der Waals surface area contributed by atoms with Crippen LogP contribution in [0, 0.1) is 10.1 Å². The molecule has 5 rings (SSSR count). The number of H-pyrrole nitrogens is 1. The van der Waals surface area contributed by atoms with Gasteiger partial charge in [-0.2, -0.15) is 9.80 Å². The fourth-order valence-electron chi connectivity index (χ4n) is 3.75. The van der Waals surface area contributed by atoms with Gasteiger partial charge in [-0.05, 0) is 67.6 Å². The molecule has 12 heteroatoms. The van der Waals surface area contributed by atoms with Crippen LogP contribution in [0.1, 0.15) is 6.92 Å². The van der Waals surface area contributed by atoms with Gasteiger partial charge >= 0.3 is 5.56 Å². The summed E-state index contributed by atoms with van der Waals surface area (Å²) >= 11 is 1.28. The maximum absolute atomic E-state index is 13.5. The van der Waals surface area contributed by atoms with Gasteiger partial charge in [-0.25, -0.2) is 4.98 Å². The molecule has 2 heterocycles. The van der Waals surface area contributed by atoms with Crippen LogP contribution in [0.2, 0.25) is 0 Å². The van der Waals surface area contributed by atoms with E-state index in [0.717, 1.165) is 11.3 Å². The average molecular weight is 543 g/mol. The molecule has 0 radical (unpaired) electrons. The molecule has 39 heavy (non-hydrogen) atoms.